The minimum atomic E-state index is -0.176. The molecule has 2 fully saturated rings. The van der Waals surface area contributed by atoms with Crippen LogP contribution < -0.4 is 10.6 Å². The van der Waals surface area contributed by atoms with Gasteiger partial charge in [-0.3, -0.25) is 9.59 Å². The van der Waals surface area contributed by atoms with Gasteiger partial charge in [0.05, 0.1) is 13.5 Å². The Morgan fingerprint density at radius 1 is 1.35 bits per heavy atom. The zero-order chi connectivity index (χ0) is 17.7. The number of halogens is 1. The fourth-order valence-electron chi connectivity index (χ4n) is 3.61. The molecule has 0 bridgehead atoms. The Labute approximate surface area is 165 Å². The van der Waals surface area contributed by atoms with Gasteiger partial charge in [0, 0.05) is 23.1 Å². The normalized spacial score (nSPS) is 20.1. The van der Waals surface area contributed by atoms with E-state index in [0.29, 0.717) is 6.42 Å². The highest BCUT2D eigenvalue weighted by Crippen LogP contribution is 2.58. The number of nitrogens with one attached hydrogen (secondary N) is 2. The predicted octanol–water partition coefficient (Wildman–Crippen LogP) is 3.23. The third-order valence-electron chi connectivity index (χ3n) is 5.25. The maximum absolute atomic E-state index is 12.5. The van der Waals surface area contributed by atoms with Crippen LogP contribution in [0.1, 0.15) is 31.2 Å². The van der Waals surface area contributed by atoms with Gasteiger partial charge in [-0.1, -0.05) is 12.1 Å². The summed E-state index contributed by atoms with van der Waals surface area (Å²) >= 11 is 1.69. The van der Waals surface area contributed by atoms with Gasteiger partial charge in [0.25, 0.3) is 0 Å². The summed E-state index contributed by atoms with van der Waals surface area (Å²) in [6.07, 6.45) is 3.68. The van der Waals surface area contributed by atoms with Gasteiger partial charge in [0.1, 0.15) is 0 Å². The van der Waals surface area contributed by atoms with Crippen molar-refractivity contribution in [1.29, 1.82) is 0 Å². The van der Waals surface area contributed by atoms with E-state index in [1.165, 1.54) is 7.11 Å². The Kier molecular flexibility index (Phi) is 7.80. The summed E-state index contributed by atoms with van der Waals surface area (Å²) in [5, 5.41) is 6.46. The summed E-state index contributed by atoms with van der Waals surface area (Å²) in [6.45, 7) is 2.06. The Hall–Kier alpha value is -1.24. The number of thioether (sulfide) groups is 1. The van der Waals surface area contributed by atoms with Crippen molar-refractivity contribution in [3.63, 3.8) is 0 Å². The number of piperidine rings is 1. The van der Waals surface area contributed by atoms with Crippen LogP contribution in [0.2, 0.25) is 0 Å². The second-order valence-electron chi connectivity index (χ2n) is 6.94. The third kappa shape index (κ3) is 5.38. The molecule has 1 aromatic carbocycles. The van der Waals surface area contributed by atoms with Crippen molar-refractivity contribution < 1.29 is 14.3 Å². The number of carbonyl (C=O) groups is 2. The topological polar surface area (TPSA) is 67.4 Å². The number of amides is 1. The lowest BCUT2D eigenvalue weighted by atomic mass is 9.92. The van der Waals surface area contributed by atoms with Gasteiger partial charge in [-0.25, -0.2) is 0 Å². The molecular weight excluding hydrogens is 372 g/mol. The molecule has 1 spiro atoms. The van der Waals surface area contributed by atoms with Crippen LogP contribution in [0.5, 0.6) is 0 Å². The van der Waals surface area contributed by atoms with Crippen molar-refractivity contribution in [1.82, 2.24) is 5.32 Å². The molecule has 2 aliphatic rings. The Morgan fingerprint density at radius 3 is 2.85 bits per heavy atom. The van der Waals surface area contributed by atoms with E-state index in [9.17, 15) is 9.59 Å². The van der Waals surface area contributed by atoms with Gasteiger partial charge >= 0.3 is 5.97 Å². The summed E-state index contributed by atoms with van der Waals surface area (Å²) in [5.74, 6) is 1.72. The van der Waals surface area contributed by atoms with Crippen LogP contribution in [-0.4, -0.2) is 37.8 Å². The second kappa shape index (κ2) is 9.62. The van der Waals surface area contributed by atoms with Crippen molar-refractivity contribution in [3.05, 3.63) is 29.8 Å². The summed E-state index contributed by atoms with van der Waals surface area (Å²) in [6, 6.07) is 7.99. The number of benzene rings is 1. The van der Waals surface area contributed by atoms with Gasteiger partial charge < -0.3 is 15.4 Å². The van der Waals surface area contributed by atoms with Crippen LogP contribution in [0.25, 0.3) is 0 Å². The molecule has 1 amide bonds. The van der Waals surface area contributed by atoms with Crippen molar-refractivity contribution >= 4 is 41.7 Å². The van der Waals surface area contributed by atoms with Crippen LogP contribution in [-0.2, 0) is 20.1 Å². The first-order valence-electron chi connectivity index (χ1n) is 8.88. The number of hydrogen-bond donors (Lipinski definition) is 2. The van der Waals surface area contributed by atoms with Gasteiger partial charge in [0.15, 0.2) is 0 Å². The molecule has 1 aliphatic heterocycles. The van der Waals surface area contributed by atoms with Gasteiger partial charge in [-0.2, -0.15) is 11.8 Å². The molecule has 2 N–H and O–H groups in total. The monoisotopic (exact) mass is 398 g/mol. The minimum Gasteiger partial charge on any atom is -0.469 e. The summed E-state index contributed by atoms with van der Waals surface area (Å²) in [4.78, 5) is 23.6. The number of hydrogen-bond acceptors (Lipinski definition) is 5. The average Bonchev–Trinajstić information content (AvgIpc) is 3.32. The predicted molar refractivity (Wildman–Crippen MR) is 108 cm³/mol. The largest absolute Gasteiger partial charge is 0.469 e. The number of anilines is 1. The van der Waals surface area contributed by atoms with Gasteiger partial charge in [-0.05, 0) is 55.5 Å². The lowest BCUT2D eigenvalue weighted by Gasteiger charge is -2.23. The molecule has 1 aromatic rings. The maximum Gasteiger partial charge on any atom is 0.306 e. The standard InChI is InChI=1S/C19H26N2O3S.ClH/c1-24-17(22)5-10-25-13-14-3-2-4-15(11-14)21-18(23)16-12-19(16)6-8-20-9-7-19;/h2-4,11,16,20H,5-10,12-13H2,1H3,(H,21,23);1H. The molecule has 1 aliphatic carbocycles. The molecule has 0 aromatic heterocycles. The molecule has 1 saturated carbocycles. The molecule has 1 saturated heterocycles. The fraction of sp³-hybridized carbons (Fsp3) is 0.579. The van der Waals surface area contributed by atoms with Crippen molar-refractivity contribution in [2.75, 3.05) is 31.3 Å². The third-order valence-corrected chi connectivity index (χ3v) is 6.28. The number of esters is 1. The fourth-order valence-corrected chi connectivity index (χ4v) is 4.48. The molecule has 26 heavy (non-hydrogen) atoms. The summed E-state index contributed by atoms with van der Waals surface area (Å²) < 4.78 is 4.64. The number of rotatable bonds is 7. The van der Waals surface area contributed by atoms with E-state index in [1.807, 2.05) is 24.3 Å². The Bertz CT molecular complexity index is 635. The van der Waals surface area contributed by atoms with Crippen molar-refractivity contribution in [2.24, 2.45) is 11.3 Å². The van der Waals surface area contributed by atoms with Crippen molar-refractivity contribution in [3.8, 4) is 0 Å². The zero-order valence-corrected chi connectivity index (χ0v) is 16.7. The van der Waals surface area contributed by atoms with E-state index in [0.717, 1.165) is 55.1 Å². The van der Waals surface area contributed by atoms with Gasteiger partial charge in [0.2, 0.25) is 5.91 Å². The molecule has 7 heteroatoms. The number of methoxy groups -OCH3 is 1. The minimum absolute atomic E-state index is 0. The second-order valence-corrected chi connectivity index (χ2v) is 8.04. The van der Waals surface area contributed by atoms with E-state index < -0.39 is 0 Å². The first kappa shape index (κ1) is 21.1. The SMILES string of the molecule is COC(=O)CCSCc1cccc(NC(=O)C2CC23CCNCC3)c1.Cl. The van der Waals surface area contributed by atoms with Crippen LogP contribution in [0.3, 0.4) is 0 Å². The van der Waals surface area contributed by atoms with Crippen LogP contribution >= 0.6 is 24.2 Å². The smallest absolute Gasteiger partial charge is 0.306 e. The molecule has 5 nitrogen and oxygen atoms in total. The molecule has 1 heterocycles. The van der Waals surface area contributed by atoms with Crippen LogP contribution in [0.4, 0.5) is 5.69 Å². The number of ether oxygens (including phenoxy) is 1. The summed E-state index contributed by atoms with van der Waals surface area (Å²) in [7, 11) is 1.41. The molecule has 0 radical (unpaired) electrons. The Morgan fingerprint density at radius 2 is 2.12 bits per heavy atom. The zero-order valence-electron chi connectivity index (χ0n) is 15.1. The first-order chi connectivity index (χ1) is 12.1. The lowest BCUT2D eigenvalue weighted by molar-refractivity contribution is -0.140. The first-order valence-corrected chi connectivity index (χ1v) is 10.0. The van der Waals surface area contributed by atoms with E-state index in [-0.39, 0.29) is 35.6 Å². The van der Waals surface area contributed by atoms with E-state index in [1.54, 1.807) is 11.8 Å². The van der Waals surface area contributed by atoms with E-state index in [2.05, 4.69) is 15.4 Å². The Balaban J connectivity index is 0.00000243. The van der Waals surface area contributed by atoms with Gasteiger partial charge in [-0.15, -0.1) is 12.4 Å². The molecular formula is C19H27ClN2O3S. The lowest BCUT2D eigenvalue weighted by Crippen LogP contribution is -2.31. The maximum atomic E-state index is 12.5. The number of carbonyl (C=O) groups excluding carboxylic acids is 2. The molecule has 3 rings (SSSR count). The highest BCUT2D eigenvalue weighted by atomic mass is 35.5. The molecule has 144 valence electrons. The molecule has 1 unspecified atom stereocenters. The average molecular weight is 399 g/mol. The highest BCUT2D eigenvalue weighted by molar-refractivity contribution is 7.98. The summed E-state index contributed by atoms with van der Waals surface area (Å²) in [5.41, 5.74) is 2.28. The van der Waals surface area contributed by atoms with Crippen LogP contribution in [0.15, 0.2) is 24.3 Å². The highest BCUT2D eigenvalue weighted by Gasteiger charge is 2.57. The van der Waals surface area contributed by atoms with E-state index in [4.69, 9.17) is 0 Å². The van der Waals surface area contributed by atoms with E-state index >= 15 is 0 Å². The van der Waals surface area contributed by atoms with Crippen molar-refractivity contribution in [2.45, 2.75) is 31.4 Å². The van der Waals surface area contributed by atoms with Crippen LogP contribution in [0, 0.1) is 11.3 Å². The molecule has 1 atom stereocenters. The quantitative estimate of drug-likeness (QED) is 0.545.